The van der Waals surface area contributed by atoms with Crippen LogP contribution in [0.2, 0.25) is 0 Å². The molecular weight excluding hydrogens is 228 g/mol. The Kier molecular flexibility index (Phi) is 3.65. The van der Waals surface area contributed by atoms with Gasteiger partial charge in [-0.15, -0.1) is 0 Å². The third-order valence-electron chi connectivity index (χ3n) is 2.90. The first-order chi connectivity index (χ1) is 8.58. The molecule has 3 amide bonds. The minimum atomic E-state index is -0.169. The molecule has 96 valence electrons. The topological polar surface area (TPSA) is 40.6 Å². The molecule has 1 saturated heterocycles. The number of imide groups is 1. The maximum atomic E-state index is 12.1. The van der Waals surface area contributed by atoms with Crippen LogP contribution in [0.5, 0.6) is 0 Å². The molecular formula is C14H18N2O2. The Hall–Kier alpha value is -1.84. The predicted octanol–water partition coefficient (Wildman–Crippen LogP) is 2.11. The molecule has 0 aromatic heterocycles. The first-order valence-electron chi connectivity index (χ1n) is 6.21. The zero-order valence-electron chi connectivity index (χ0n) is 10.8. The third-order valence-corrected chi connectivity index (χ3v) is 2.90. The number of hydrogen-bond acceptors (Lipinski definition) is 2. The first-order valence-corrected chi connectivity index (χ1v) is 6.21. The maximum Gasteiger partial charge on any atom is 0.327 e. The van der Waals surface area contributed by atoms with Gasteiger partial charge in [-0.25, -0.2) is 4.79 Å². The van der Waals surface area contributed by atoms with Crippen molar-refractivity contribution in [3.05, 3.63) is 35.9 Å². The second-order valence-corrected chi connectivity index (χ2v) is 5.02. The van der Waals surface area contributed by atoms with E-state index in [9.17, 15) is 9.59 Å². The van der Waals surface area contributed by atoms with Crippen LogP contribution in [0.15, 0.2) is 30.3 Å². The molecule has 0 spiro atoms. The van der Waals surface area contributed by atoms with Crippen LogP contribution in [0.25, 0.3) is 0 Å². The monoisotopic (exact) mass is 246 g/mol. The highest BCUT2D eigenvalue weighted by Crippen LogP contribution is 2.15. The molecule has 0 unspecified atom stereocenters. The molecule has 4 nitrogen and oxygen atoms in total. The molecule has 1 aliphatic rings. The highest BCUT2D eigenvalue weighted by Gasteiger charge is 2.35. The van der Waals surface area contributed by atoms with E-state index in [4.69, 9.17) is 0 Å². The van der Waals surface area contributed by atoms with Gasteiger partial charge in [-0.2, -0.15) is 0 Å². The van der Waals surface area contributed by atoms with E-state index in [1.807, 2.05) is 44.2 Å². The van der Waals surface area contributed by atoms with Gasteiger partial charge < -0.3 is 4.90 Å². The van der Waals surface area contributed by atoms with Gasteiger partial charge in [-0.3, -0.25) is 9.69 Å². The van der Waals surface area contributed by atoms with Gasteiger partial charge in [0, 0.05) is 6.54 Å². The van der Waals surface area contributed by atoms with Gasteiger partial charge in [0.1, 0.15) is 6.54 Å². The van der Waals surface area contributed by atoms with Gasteiger partial charge >= 0.3 is 6.03 Å². The second-order valence-electron chi connectivity index (χ2n) is 5.02. The fourth-order valence-corrected chi connectivity index (χ4v) is 2.10. The molecule has 4 heteroatoms. The lowest BCUT2D eigenvalue weighted by Gasteiger charge is -2.18. The van der Waals surface area contributed by atoms with Gasteiger partial charge in [-0.05, 0) is 11.5 Å². The minimum Gasteiger partial charge on any atom is -0.315 e. The summed E-state index contributed by atoms with van der Waals surface area (Å²) in [6.45, 7) is 5.29. The van der Waals surface area contributed by atoms with Crippen molar-refractivity contribution in [3.8, 4) is 0 Å². The summed E-state index contributed by atoms with van der Waals surface area (Å²) in [4.78, 5) is 26.9. The summed E-state index contributed by atoms with van der Waals surface area (Å²) >= 11 is 0. The lowest BCUT2D eigenvalue weighted by molar-refractivity contribution is -0.125. The van der Waals surface area contributed by atoms with Crippen molar-refractivity contribution < 1.29 is 9.59 Å². The number of rotatable bonds is 4. The number of urea groups is 1. The molecule has 0 N–H and O–H groups in total. The molecule has 18 heavy (non-hydrogen) atoms. The van der Waals surface area contributed by atoms with E-state index < -0.39 is 0 Å². The number of carbonyl (C=O) groups excluding carboxylic acids is 2. The summed E-state index contributed by atoms with van der Waals surface area (Å²) in [7, 11) is 0. The van der Waals surface area contributed by atoms with Gasteiger partial charge in [0.25, 0.3) is 5.91 Å². The van der Waals surface area contributed by atoms with Gasteiger partial charge in [0.05, 0.1) is 6.54 Å². The van der Waals surface area contributed by atoms with Gasteiger partial charge in [0.15, 0.2) is 0 Å². The van der Waals surface area contributed by atoms with Crippen LogP contribution >= 0.6 is 0 Å². The van der Waals surface area contributed by atoms with E-state index in [0.29, 0.717) is 19.0 Å². The van der Waals surface area contributed by atoms with Crippen molar-refractivity contribution in [1.82, 2.24) is 9.80 Å². The zero-order valence-corrected chi connectivity index (χ0v) is 10.8. The molecule has 0 bridgehead atoms. The second kappa shape index (κ2) is 5.21. The van der Waals surface area contributed by atoms with Crippen LogP contribution in [0.3, 0.4) is 0 Å². The van der Waals surface area contributed by atoms with E-state index in [-0.39, 0.29) is 18.5 Å². The quantitative estimate of drug-likeness (QED) is 0.763. The van der Waals surface area contributed by atoms with Crippen molar-refractivity contribution in [3.63, 3.8) is 0 Å². The van der Waals surface area contributed by atoms with Crippen molar-refractivity contribution in [2.24, 2.45) is 5.92 Å². The number of carbonyl (C=O) groups is 2. The van der Waals surface area contributed by atoms with Crippen molar-refractivity contribution in [1.29, 1.82) is 0 Å². The minimum absolute atomic E-state index is 0.107. The zero-order chi connectivity index (χ0) is 13.1. The molecule has 1 fully saturated rings. The Labute approximate surface area is 107 Å². The van der Waals surface area contributed by atoms with Crippen LogP contribution in [0.4, 0.5) is 4.79 Å². The van der Waals surface area contributed by atoms with Crippen molar-refractivity contribution in [2.45, 2.75) is 20.4 Å². The number of benzene rings is 1. The van der Waals surface area contributed by atoms with Gasteiger partial charge in [0.2, 0.25) is 0 Å². The SMILES string of the molecule is CC(C)CN1CC(=O)N(Cc2ccccc2)C1=O. The summed E-state index contributed by atoms with van der Waals surface area (Å²) in [5.74, 6) is 0.267. The summed E-state index contributed by atoms with van der Waals surface area (Å²) in [5, 5.41) is 0. The molecule has 0 aliphatic carbocycles. The lowest BCUT2D eigenvalue weighted by atomic mass is 10.2. The molecule has 1 aromatic carbocycles. The van der Waals surface area contributed by atoms with Gasteiger partial charge in [-0.1, -0.05) is 44.2 Å². The van der Waals surface area contributed by atoms with Crippen LogP contribution in [-0.4, -0.2) is 34.8 Å². The first kappa shape index (κ1) is 12.6. The van der Waals surface area contributed by atoms with E-state index in [1.165, 1.54) is 4.90 Å². The van der Waals surface area contributed by atoms with E-state index in [1.54, 1.807) is 4.90 Å². The molecule has 1 heterocycles. The van der Waals surface area contributed by atoms with Crippen molar-refractivity contribution >= 4 is 11.9 Å². The van der Waals surface area contributed by atoms with Crippen LogP contribution < -0.4 is 0 Å². The Morgan fingerprint density at radius 2 is 1.83 bits per heavy atom. The molecule has 1 aromatic rings. The number of nitrogens with zero attached hydrogens (tertiary/aromatic N) is 2. The number of amides is 3. The standard InChI is InChI=1S/C14H18N2O2/c1-11(2)8-15-10-13(17)16(14(15)18)9-12-6-4-3-5-7-12/h3-7,11H,8-10H2,1-2H3. The highest BCUT2D eigenvalue weighted by atomic mass is 16.2. The molecule has 1 aliphatic heterocycles. The van der Waals surface area contributed by atoms with E-state index in [0.717, 1.165) is 5.56 Å². The number of hydrogen-bond donors (Lipinski definition) is 0. The average Bonchev–Trinajstić information content (AvgIpc) is 2.58. The maximum absolute atomic E-state index is 12.1. The Morgan fingerprint density at radius 1 is 1.17 bits per heavy atom. The average molecular weight is 246 g/mol. The Morgan fingerprint density at radius 3 is 2.44 bits per heavy atom. The highest BCUT2D eigenvalue weighted by molar-refractivity contribution is 6.01. The molecule has 2 rings (SSSR count). The summed E-state index contributed by atoms with van der Waals surface area (Å²) in [6, 6.07) is 9.41. The molecule has 0 radical (unpaired) electrons. The smallest absolute Gasteiger partial charge is 0.315 e. The summed E-state index contributed by atoms with van der Waals surface area (Å²) in [5.41, 5.74) is 0.977. The van der Waals surface area contributed by atoms with Crippen LogP contribution in [0.1, 0.15) is 19.4 Å². The van der Waals surface area contributed by atoms with E-state index >= 15 is 0 Å². The summed E-state index contributed by atoms with van der Waals surface area (Å²) in [6.07, 6.45) is 0. The lowest BCUT2D eigenvalue weighted by Crippen LogP contribution is -2.34. The van der Waals surface area contributed by atoms with Crippen molar-refractivity contribution in [2.75, 3.05) is 13.1 Å². The normalized spacial score (nSPS) is 15.9. The van der Waals surface area contributed by atoms with E-state index in [2.05, 4.69) is 0 Å². The molecule has 0 saturated carbocycles. The summed E-state index contributed by atoms with van der Waals surface area (Å²) < 4.78 is 0. The molecule has 0 atom stereocenters. The largest absolute Gasteiger partial charge is 0.327 e. The van der Waals surface area contributed by atoms with Crippen LogP contribution in [0, 0.1) is 5.92 Å². The predicted molar refractivity (Wildman–Crippen MR) is 68.8 cm³/mol. The fraction of sp³-hybridized carbons (Fsp3) is 0.429. The Balaban J connectivity index is 2.06. The third kappa shape index (κ3) is 2.70. The fourth-order valence-electron chi connectivity index (χ4n) is 2.10. The van der Waals surface area contributed by atoms with Crippen LogP contribution in [-0.2, 0) is 11.3 Å². The Bertz CT molecular complexity index is 442.